The minimum atomic E-state index is -0.457. The third-order valence-electron chi connectivity index (χ3n) is 4.01. The molecule has 3 rings (SSSR count). The van der Waals surface area contributed by atoms with Crippen LogP contribution in [0.5, 0.6) is 0 Å². The summed E-state index contributed by atoms with van der Waals surface area (Å²) >= 11 is 0. The van der Waals surface area contributed by atoms with Crippen molar-refractivity contribution in [3.05, 3.63) is 23.0 Å². The maximum absolute atomic E-state index is 10.1. The van der Waals surface area contributed by atoms with Gasteiger partial charge in [0.25, 0.3) is 0 Å². The van der Waals surface area contributed by atoms with Crippen LogP contribution in [0.15, 0.2) is 6.07 Å². The molecule has 0 spiro atoms. The predicted molar refractivity (Wildman–Crippen MR) is 69.5 cm³/mol. The number of hydrogen-bond acceptors (Lipinski definition) is 4. The van der Waals surface area contributed by atoms with Gasteiger partial charge in [0.15, 0.2) is 0 Å². The molecule has 0 aromatic carbocycles. The largest absolute Gasteiger partial charge is 0.390 e. The molecule has 1 aromatic rings. The van der Waals surface area contributed by atoms with E-state index in [4.69, 9.17) is 0 Å². The summed E-state index contributed by atoms with van der Waals surface area (Å²) in [5, 5.41) is 19.4. The predicted octanol–water partition coefficient (Wildman–Crippen LogP) is 1.54. The summed E-state index contributed by atoms with van der Waals surface area (Å²) < 4.78 is 0. The molecule has 4 nitrogen and oxygen atoms in total. The second-order valence-electron chi connectivity index (χ2n) is 5.26. The first kappa shape index (κ1) is 11.9. The molecule has 0 radical (unpaired) electrons. The lowest BCUT2D eigenvalue weighted by atomic mass is 9.91. The van der Waals surface area contributed by atoms with Crippen molar-refractivity contribution < 1.29 is 10.2 Å². The minimum absolute atomic E-state index is 0.0547. The van der Waals surface area contributed by atoms with Gasteiger partial charge in [0, 0.05) is 18.8 Å². The zero-order valence-corrected chi connectivity index (χ0v) is 10.6. The van der Waals surface area contributed by atoms with E-state index in [1.54, 1.807) is 0 Å². The zero-order valence-electron chi connectivity index (χ0n) is 10.6. The van der Waals surface area contributed by atoms with Gasteiger partial charge in [-0.2, -0.15) is 0 Å². The summed E-state index contributed by atoms with van der Waals surface area (Å²) in [5.74, 6) is 0. The number of hydrogen-bond donors (Lipinski definition) is 2. The monoisotopic (exact) mass is 248 g/mol. The van der Waals surface area contributed by atoms with Gasteiger partial charge in [-0.1, -0.05) is 0 Å². The molecule has 1 saturated heterocycles. The molecule has 98 valence electrons. The number of anilines is 1. The summed E-state index contributed by atoms with van der Waals surface area (Å²) in [6, 6.07) is 2.00. The first-order chi connectivity index (χ1) is 8.79. The molecule has 1 atom stereocenters. The molecular weight excluding hydrogens is 228 g/mol. The number of aromatic nitrogens is 1. The van der Waals surface area contributed by atoms with Crippen LogP contribution in [-0.2, 0) is 13.0 Å². The van der Waals surface area contributed by atoms with Crippen molar-refractivity contribution in [1.82, 2.24) is 4.98 Å². The normalized spacial score (nSPS) is 23.2. The van der Waals surface area contributed by atoms with E-state index in [1.165, 1.54) is 24.1 Å². The third-order valence-corrected chi connectivity index (χ3v) is 4.01. The fourth-order valence-corrected chi connectivity index (χ4v) is 3.09. The SMILES string of the molecule is OCc1cc(N2CCCC2)c2c(n1)C(O)CCC2. The van der Waals surface area contributed by atoms with E-state index >= 15 is 0 Å². The lowest BCUT2D eigenvalue weighted by Crippen LogP contribution is -2.23. The molecule has 1 aliphatic carbocycles. The number of rotatable bonds is 2. The van der Waals surface area contributed by atoms with E-state index in [1.807, 2.05) is 6.07 Å². The van der Waals surface area contributed by atoms with Gasteiger partial charge in [-0.25, -0.2) is 0 Å². The smallest absolute Gasteiger partial charge is 0.0963 e. The Bertz CT molecular complexity index is 442. The van der Waals surface area contributed by atoms with Gasteiger partial charge in [-0.15, -0.1) is 0 Å². The Balaban J connectivity index is 2.07. The molecule has 1 fully saturated rings. The number of aliphatic hydroxyl groups is 2. The van der Waals surface area contributed by atoms with E-state index in [0.29, 0.717) is 5.69 Å². The highest BCUT2D eigenvalue weighted by Gasteiger charge is 2.26. The molecule has 0 bridgehead atoms. The summed E-state index contributed by atoms with van der Waals surface area (Å²) in [6.07, 6.45) is 4.81. The van der Waals surface area contributed by atoms with Crippen molar-refractivity contribution in [2.45, 2.75) is 44.8 Å². The Morgan fingerprint density at radius 2 is 2.06 bits per heavy atom. The third kappa shape index (κ3) is 1.99. The Morgan fingerprint density at radius 1 is 1.28 bits per heavy atom. The molecule has 0 saturated carbocycles. The van der Waals surface area contributed by atoms with Crippen LogP contribution in [0, 0.1) is 0 Å². The lowest BCUT2D eigenvalue weighted by molar-refractivity contribution is 0.150. The number of nitrogens with zero attached hydrogens (tertiary/aromatic N) is 2. The van der Waals surface area contributed by atoms with E-state index in [9.17, 15) is 10.2 Å². The average molecular weight is 248 g/mol. The second-order valence-corrected chi connectivity index (χ2v) is 5.26. The van der Waals surface area contributed by atoms with Gasteiger partial charge in [-0.3, -0.25) is 4.98 Å². The maximum atomic E-state index is 10.1. The van der Waals surface area contributed by atoms with Crippen LogP contribution in [0.4, 0.5) is 5.69 Å². The van der Waals surface area contributed by atoms with Crippen LogP contribution in [0.3, 0.4) is 0 Å². The van der Waals surface area contributed by atoms with Crippen molar-refractivity contribution in [1.29, 1.82) is 0 Å². The van der Waals surface area contributed by atoms with Crippen LogP contribution in [0.25, 0.3) is 0 Å². The molecule has 2 N–H and O–H groups in total. The Kier molecular flexibility index (Phi) is 3.22. The van der Waals surface area contributed by atoms with Crippen LogP contribution < -0.4 is 4.90 Å². The van der Waals surface area contributed by atoms with Crippen LogP contribution in [-0.4, -0.2) is 28.3 Å². The topological polar surface area (TPSA) is 56.6 Å². The molecule has 1 unspecified atom stereocenters. The van der Waals surface area contributed by atoms with E-state index in [2.05, 4.69) is 9.88 Å². The Labute approximate surface area is 107 Å². The molecule has 18 heavy (non-hydrogen) atoms. The average Bonchev–Trinajstić information content (AvgIpc) is 2.92. The van der Waals surface area contributed by atoms with Crippen molar-refractivity contribution in [2.75, 3.05) is 18.0 Å². The summed E-state index contributed by atoms with van der Waals surface area (Å²) in [5.41, 5.74) is 3.87. The van der Waals surface area contributed by atoms with Crippen LogP contribution in [0.2, 0.25) is 0 Å². The lowest BCUT2D eigenvalue weighted by Gasteiger charge is -2.28. The van der Waals surface area contributed by atoms with Crippen molar-refractivity contribution in [3.8, 4) is 0 Å². The van der Waals surface area contributed by atoms with Crippen LogP contribution >= 0.6 is 0 Å². The number of pyridine rings is 1. The summed E-state index contributed by atoms with van der Waals surface area (Å²) in [7, 11) is 0. The van der Waals surface area contributed by atoms with Crippen molar-refractivity contribution in [2.24, 2.45) is 0 Å². The highest BCUT2D eigenvalue weighted by molar-refractivity contribution is 5.58. The first-order valence-electron chi connectivity index (χ1n) is 6.86. The Hall–Kier alpha value is -1.13. The van der Waals surface area contributed by atoms with E-state index < -0.39 is 6.10 Å². The highest BCUT2D eigenvalue weighted by atomic mass is 16.3. The standard InChI is InChI=1S/C14H20N2O2/c17-9-10-8-12(16-6-1-2-7-16)11-4-3-5-13(18)14(11)15-10/h8,13,17-18H,1-7,9H2. The summed E-state index contributed by atoms with van der Waals surface area (Å²) in [6.45, 7) is 2.11. The second kappa shape index (κ2) is 4.86. The van der Waals surface area contributed by atoms with E-state index in [0.717, 1.165) is 38.0 Å². The molecule has 2 aliphatic rings. The van der Waals surface area contributed by atoms with Crippen LogP contribution in [0.1, 0.15) is 48.7 Å². The molecular formula is C14H20N2O2. The van der Waals surface area contributed by atoms with E-state index in [-0.39, 0.29) is 6.61 Å². The number of fused-ring (bicyclic) bond motifs is 1. The molecule has 2 heterocycles. The molecule has 4 heteroatoms. The first-order valence-corrected chi connectivity index (χ1v) is 6.86. The zero-order chi connectivity index (χ0) is 12.5. The van der Waals surface area contributed by atoms with Gasteiger partial charge < -0.3 is 15.1 Å². The molecule has 1 aromatic heterocycles. The highest BCUT2D eigenvalue weighted by Crippen LogP contribution is 2.36. The quantitative estimate of drug-likeness (QED) is 0.833. The number of aliphatic hydroxyl groups excluding tert-OH is 2. The maximum Gasteiger partial charge on any atom is 0.0963 e. The fourth-order valence-electron chi connectivity index (χ4n) is 3.09. The van der Waals surface area contributed by atoms with Gasteiger partial charge >= 0.3 is 0 Å². The minimum Gasteiger partial charge on any atom is -0.390 e. The Morgan fingerprint density at radius 3 is 2.78 bits per heavy atom. The summed E-state index contributed by atoms with van der Waals surface area (Å²) in [4.78, 5) is 6.79. The van der Waals surface area contributed by atoms with Gasteiger partial charge in [0.05, 0.1) is 24.1 Å². The van der Waals surface area contributed by atoms with Gasteiger partial charge in [0.1, 0.15) is 0 Å². The molecule has 0 amide bonds. The molecule has 1 aliphatic heterocycles. The van der Waals surface area contributed by atoms with Gasteiger partial charge in [0.2, 0.25) is 0 Å². The van der Waals surface area contributed by atoms with Gasteiger partial charge in [-0.05, 0) is 43.7 Å². The van der Waals surface area contributed by atoms with Crippen molar-refractivity contribution in [3.63, 3.8) is 0 Å². The fraction of sp³-hybridized carbons (Fsp3) is 0.643. The van der Waals surface area contributed by atoms with Crippen molar-refractivity contribution >= 4 is 5.69 Å².